The van der Waals surface area contributed by atoms with Crippen molar-refractivity contribution in [2.75, 3.05) is 5.32 Å². The van der Waals surface area contributed by atoms with Crippen LogP contribution in [-0.4, -0.2) is 18.0 Å². The SMILES string of the molecule is O=C(NN=Cc1cccc2ccccc12)C(=O)Nc1ccccc1Cl. The maximum absolute atomic E-state index is 11.9. The first-order valence-electron chi connectivity index (χ1n) is 7.52. The summed E-state index contributed by atoms with van der Waals surface area (Å²) in [5.41, 5.74) is 3.41. The largest absolute Gasteiger partial charge is 0.329 e. The lowest BCUT2D eigenvalue weighted by atomic mass is 10.1. The quantitative estimate of drug-likeness (QED) is 0.430. The number of benzene rings is 3. The molecular weight excluding hydrogens is 338 g/mol. The highest BCUT2D eigenvalue weighted by atomic mass is 35.5. The van der Waals surface area contributed by atoms with Gasteiger partial charge in [-0.15, -0.1) is 0 Å². The monoisotopic (exact) mass is 351 g/mol. The van der Waals surface area contributed by atoms with Gasteiger partial charge in [0.05, 0.1) is 16.9 Å². The maximum atomic E-state index is 11.9. The number of nitrogens with one attached hydrogen (secondary N) is 2. The van der Waals surface area contributed by atoms with E-state index < -0.39 is 11.8 Å². The molecule has 0 spiro atoms. The van der Waals surface area contributed by atoms with Gasteiger partial charge in [-0.25, -0.2) is 5.43 Å². The molecule has 25 heavy (non-hydrogen) atoms. The molecule has 2 amide bonds. The zero-order valence-electron chi connectivity index (χ0n) is 13.1. The molecule has 0 saturated carbocycles. The molecule has 0 radical (unpaired) electrons. The van der Waals surface area contributed by atoms with E-state index in [-0.39, 0.29) is 0 Å². The van der Waals surface area contributed by atoms with Crippen LogP contribution in [0.25, 0.3) is 10.8 Å². The summed E-state index contributed by atoms with van der Waals surface area (Å²) < 4.78 is 0. The number of hydrazone groups is 1. The molecular formula is C19H14ClN3O2. The average Bonchev–Trinajstić information content (AvgIpc) is 2.63. The summed E-state index contributed by atoms with van der Waals surface area (Å²) in [6.45, 7) is 0. The zero-order chi connectivity index (χ0) is 17.6. The summed E-state index contributed by atoms with van der Waals surface area (Å²) in [4.78, 5) is 23.7. The van der Waals surface area contributed by atoms with Crippen molar-refractivity contribution in [1.29, 1.82) is 0 Å². The molecule has 124 valence electrons. The van der Waals surface area contributed by atoms with Gasteiger partial charge in [0.25, 0.3) is 0 Å². The van der Waals surface area contributed by atoms with E-state index in [0.29, 0.717) is 10.7 Å². The molecule has 5 nitrogen and oxygen atoms in total. The lowest BCUT2D eigenvalue weighted by molar-refractivity contribution is -0.136. The van der Waals surface area contributed by atoms with Crippen molar-refractivity contribution in [2.24, 2.45) is 5.10 Å². The average molecular weight is 352 g/mol. The number of carbonyl (C=O) groups excluding carboxylic acids is 2. The van der Waals surface area contributed by atoms with Crippen LogP contribution in [0.5, 0.6) is 0 Å². The summed E-state index contributed by atoms with van der Waals surface area (Å²) in [7, 11) is 0. The van der Waals surface area contributed by atoms with Crippen molar-refractivity contribution in [3.05, 3.63) is 77.3 Å². The van der Waals surface area contributed by atoms with Gasteiger partial charge in [0, 0.05) is 5.56 Å². The minimum absolute atomic E-state index is 0.350. The molecule has 0 saturated heterocycles. The van der Waals surface area contributed by atoms with Crippen LogP contribution in [0.4, 0.5) is 5.69 Å². The van der Waals surface area contributed by atoms with Gasteiger partial charge in [-0.1, -0.05) is 66.2 Å². The molecule has 2 N–H and O–H groups in total. The van der Waals surface area contributed by atoms with Crippen molar-refractivity contribution in [1.82, 2.24) is 5.43 Å². The number of anilines is 1. The fourth-order valence-corrected chi connectivity index (χ4v) is 2.50. The summed E-state index contributed by atoms with van der Waals surface area (Å²) in [5, 5.41) is 8.71. The molecule has 0 heterocycles. The molecule has 0 aliphatic carbocycles. The van der Waals surface area contributed by atoms with Gasteiger partial charge in [0.15, 0.2) is 0 Å². The number of nitrogens with zero attached hydrogens (tertiary/aromatic N) is 1. The summed E-state index contributed by atoms with van der Waals surface area (Å²) in [5.74, 6) is -1.72. The molecule has 6 heteroatoms. The summed E-state index contributed by atoms with van der Waals surface area (Å²) >= 11 is 5.94. The van der Waals surface area contributed by atoms with E-state index in [1.54, 1.807) is 24.3 Å². The number of carbonyl (C=O) groups is 2. The Hall–Kier alpha value is -3.18. The number of hydrogen-bond donors (Lipinski definition) is 2. The number of amides is 2. The normalized spacial score (nSPS) is 10.8. The fraction of sp³-hybridized carbons (Fsp3) is 0. The molecule has 0 unspecified atom stereocenters. The van der Waals surface area contributed by atoms with Crippen LogP contribution in [0, 0.1) is 0 Å². The van der Waals surface area contributed by atoms with Crippen molar-refractivity contribution < 1.29 is 9.59 Å². The van der Waals surface area contributed by atoms with Crippen LogP contribution >= 0.6 is 11.6 Å². The Bertz CT molecular complexity index is 964. The molecule has 0 aliphatic heterocycles. The van der Waals surface area contributed by atoms with E-state index in [2.05, 4.69) is 15.8 Å². The third-order valence-electron chi connectivity index (χ3n) is 3.52. The first-order valence-corrected chi connectivity index (χ1v) is 7.89. The highest BCUT2D eigenvalue weighted by Gasteiger charge is 2.14. The maximum Gasteiger partial charge on any atom is 0.329 e. The highest BCUT2D eigenvalue weighted by Crippen LogP contribution is 2.20. The molecule has 0 atom stereocenters. The lowest BCUT2D eigenvalue weighted by Crippen LogP contribution is -2.32. The minimum Gasteiger partial charge on any atom is -0.316 e. The van der Waals surface area contributed by atoms with Gasteiger partial charge in [-0.05, 0) is 22.9 Å². The number of rotatable bonds is 3. The summed E-state index contributed by atoms with van der Waals surface area (Å²) in [6, 6.07) is 20.2. The van der Waals surface area contributed by atoms with Crippen molar-refractivity contribution in [3.8, 4) is 0 Å². The Morgan fingerprint density at radius 2 is 1.60 bits per heavy atom. The van der Waals surface area contributed by atoms with Crippen molar-refractivity contribution in [3.63, 3.8) is 0 Å². The standard InChI is InChI=1S/C19H14ClN3O2/c20-16-10-3-4-11-17(16)22-18(24)19(25)23-21-12-14-8-5-7-13-6-1-2-9-15(13)14/h1-12H,(H,22,24)(H,23,25). The van der Waals surface area contributed by atoms with E-state index in [1.165, 1.54) is 6.21 Å². The highest BCUT2D eigenvalue weighted by molar-refractivity contribution is 6.41. The van der Waals surface area contributed by atoms with Crippen LogP contribution in [0.3, 0.4) is 0 Å². The Morgan fingerprint density at radius 1 is 0.880 bits per heavy atom. The molecule has 0 aromatic heterocycles. The summed E-state index contributed by atoms with van der Waals surface area (Å²) in [6.07, 6.45) is 1.50. The third-order valence-corrected chi connectivity index (χ3v) is 3.85. The van der Waals surface area contributed by atoms with Gasteiger partial charge in [0.1, 0.15) is 0 Å². The first-order chi connectivity index (χ1) is 12.1. The second-order valence-electron chi connectivity index (χ2n) is 5.20. The van der Waals surface area contributed by atoms with Crippen LogP contribution < -0.4 is 10.7 Å². The van der Waals surface area contributed by atoms with E-state index in [0.717, 1.165) is 16.3 Å². The number of para-hydroxylation sites is 1. The van der Waals surface area contributed by atoms with Gasteiger partial charge in [-0.3, -0.25) is 9.59 Å². The van der Waals surface area contributed by atoms with E-state index >= 15 is 0 Å². The van der Waals surface area contributed by atoms with E-state index in [9.17, 15) is 9.59 Å². The van der Waals surface area contributed by atoms with Crippen LogP contribution in [0.2, 0.25) is 5.02 Å². The van der Waals surface area contributed by atoms with Gasteiger partial charge >= 0.3 is 11.8 Å². The van der Waals surface area contributed by atoms with Gasteiger partial charge in [-0.2, -0.15) is 5.10 Å². The number of hydrogen-bond acceptors (Lipinski definition) is 3. The Balaban J connectivity index is 1.66. The molecule has 0 fully saturated rings. The van der Waals surface area contributed by atoms with E-state index in [1.807, 2.05) is 42.5 Å². The second kappa shape index (κ2) is 7.59. The van der Waals surface area contributed by atoms with Gasteiger partial charge in [0.2, 0.25) is 0 Å². The minimum atomic E-state index is -0.878. The topological polar surface area (TPSA) is 70.6 Å². The van der Waals surface area contributed by atoms with Crippen LogP contribution in [0.1, 0.15) is 5.56 Å². The third kappa shape index (κ3) is 4.02. The second-order valence-corrected chi connectivity index (χ2v) is 5.61. The van der Waals surface area contributed by atoms with Crippen LogP contribution in [0.15, 0.2) is 71.8 Å². The first kappa shape index (κ1) is 16.7. The fourth-order valence-electron chi connectivity index (χ4n) is 2.32. The molecule has 0 aliphatic rings. The lowest BCUT2D eigenvalue weighted by Gasteiger charge is -2.05. The predicted octanol–water partition coefficient (Wildman–Crippen LogP) is 3.58. The smallest absolute Gasteiger partial charge is 0.316 e. The number of fused-ring (bicyclic) bond motifs is 1. The van der Waals surface area contributed by atoms with Crippen LogP contribution in [-0.2, 0) is 9.59 Å². The number of halogens is 1. The Morgan fingerprint density at radius 3 is 2.44 bits per heavy atom. The predicted molar refractivity (Wildman–Crippen MR) is 99.8 cm³/mol. The molecule has 3 aromatic carbocycles. The molecule has 3 aromatic rings. The Labute approximate surface area is 149 Å². The van der Waals surface area contributed by atoms with Crippen molar-refractivity contribution >= 4 is 46.1 Å². The Kier molecular flexibility index (Phi) is 5.06. The van der Waals surface area contributed by atoms with Crippen molar-refractivity contribution in [2.45, 2.75) is 0 Å². The molecule has 3 rings (SSSR count). The molecule has 0 bridgehead atoms. The van der Waals surface area contributed by atoms with Gasteiger partial charge < -0.3 is 5.32 Å². The van der Waals surface area contributed by atoms with E-state index in [4.69, 9.17) is 11.6 Å². The zero-order valence-corrected chi connectivity index (χ0v) is 13.8.